The van der Waals surface area contributed by atoms with Crippen LogP contribution in [0.3, 0.4) is 0 Å². The summed E-state index contributed by atoms with van der Waals surface area (Å²) in [5.74, 6) is 3.67. The zero-order chi connectivity index (χ0) is 19.8. The molecule has 0 heterocycles. The predicted octanol–water partition coefficient (Wildman–Crippen LogP) is 5.57. The Morgan fingerprint density at radius 2 is 1.37 bits per heavy atom. The van der Waals surface area contributed by atoms with Crippen molar-refractivity contribution in [3.63, 3.8) is 0 Å². The smallest absolute Gasteiger partial charge is 0.0773 e. The van der Waals surface area contributed by atoms with Gasteiger partial charge in [-0.3, -0.25) is 0 Å². The zero-order valence-electron chi connectivity index (χ0n) is 18.4. The first-order valence-electron chi connectivity index (χ1n) is 11.8. The van der Waals surface area contributed by atoms with Gasteiger partial charge in [-0.2, -0.15) is 0 Å². The highest BCUT2D eigenvalue weighted by molar-refractivity contribution is 4.77. The second-order valence-electron chi connectivity index (χ2n) is 10.2. The van der Waals surface area contributed by atoms with Crippen LogP contribution in [-0.4, -0.2) is 35.1 Å². The Balaban J connectivity index is 1.53. The molecule has 0 aromatic heterocycles. The van der Waals surface area contributed by atoms with Gasteiger partial charge in [0.05, 0.1) is 24.9 Å². The summed E-state index contributed by atoms with van der Waals surface area (Å²) >= 11 is 0. The van der Waals surface area contributed by atoms with Gasteiger partial charge in [-0.25, -0.2) is 0 Å². The second-order valence-corrected chi connectivity index (χ2v) is 10.2. The largest absolute Gasteiger partial charge is 0.393 e. The molecule has 0 amide bonds. The Hall–Kier alpha value is -0.120. The van der Waals surface area contributed by atoms with E-state index >= 15 is 0 Å². The van der Waals surface area contributed by atoms with E-state index in [1.165, 1.54) is 57.8 Å². The van der Waals surface area contributed by atoms with Crippen molar-refractivity contribution in [1.29, 1.82) is 0 Å². The van der Waals surface area contributed by atoms with Gasteiger partial charge < -0.3 is 14.9 Å². The Kier molecular flexibility index (Phi) is 10.1. The van der Waals surface area contributed by atoms with Crippen molar-refractivity contribution in [3.8, 4) is 0 Å². The molecule has 3 heteroatoms. The fraction of sp³-hybridized carbons (Fsp3) is 1.00. The Morgan fingerprint density at radius 1 is 0.778 bits per heavy atom. The van der Waals surface area contributed by atoms with Crippen LogP contribution in [0.15, 0.2) is 0 Å². The van der Waals surface area contributed by atoms with Gasteiger partial charge >= 0.3 is 0 Å². The van der Waals surface area contributed by atoms with Gasteiger partial charge in [-0.15, -0.1) is 0 Å². The van der Waals surface area contributed by atoms with Crippen LogP contribution < -0.4 is 0 Å². The van der Waals surface area contributed by atoms with Crippen LogP contribution in [0.5, 0.6) is 0 Å². The molecule has 0 aromatic carbocycles. The quantitative estimate of drug-likeness (QED) is 0.519. The van der Waals surface area contributed by atoms with Crippen LogP contribution in [0.2, 0.25) is 0 Å². The fourth-order valence-electron chi connectivity index (χ4n) is 5.32. The van der Waals surface area contributed by atoms with Crippen molar-refractivity contribution in [2.45, 2.75) is 117 Å². The van der Waals surface area contributed by atoms with Gasteiger partial charge in [0.25, 0.3) is 0 Å². The normalized spacial score (nSPS) is 33.0. The minimum Gasteiger partial charge on any atom is -0.393 e. The molecule has 2 saturated carbocycles. The molecule has 160 valence electrons. The molecule has 2 rings (SSSR count). The van der Waals surface area contributed by atoms with E-state index < -0.39 is 0 Å². The van der Waals surface area contributed by atoms with E-state index in [-0.39, 0.29) is 12.2 Å². The average molecular weight is 383 g/mol. The standard InChI is InChI=1S/C24H46O3/c1-17(2)21-10-13-24(14-11-21)27-16-23(26)12-5-18(3)15-20-6-8-22(9-7-20)19(4)25/h17-26H,5-16H2,1-4H3/t18-,19?,20?,21?,22?,23?,24?/m0/s1. The summed E-state index contributed by atoms with van der Waals surface area (Å²) in [6.45, 7) is 9.45. The van der Waals surface area contributed by atoms with Crippen LogP contribution in [0, 0.1) is 29.6 Å². The molecule has 3 atom stereocenters. The lowest BCUT2D eigenvalue weighted by atomic mass is 9.76. The molecule has 2 aliphatic carbocycles. The van der Waals surface area contributed by atoms with Gasteiger partial charge in [-0.05, 0) is 94.3 Å². The zero-order valence-corrected chi connectivity index (χ0v) is 18.4. The molecular formula is C24H46O3. The Bertz CT molecular complexity index is 379. The number of hydrogen-bond donors (Lipinski definition) is 2. The summed E-state index contributed by atoms with van der Waals surface area (Å²) < 4.78 is 6.02. The van der Waals surface area contributed by atoms with E-state index in [4.69, 9.17) is 4.74 Å². The van der Waals surface area contributed by atoms with E-state index in [9.17, 15) is 10.2 Å². The van der Waals surface area contributed by atoms with Crippen molar-refractivity contribution in [1.82, 2.24) is 0 Å². The molecule has 0 bridgehead atoms. The number of ether oxygens (including phenoxy) is 1. The predicted molar refractivity (Wildman–Crippen MR) is 113 cm³/mol. The fourth-order valence-corrected chi connectivity index (χ4v) is 5.32. The molecule has 0 aromatic rings. The maximum atomic E-state index is 10.3. The maximum Gasteiger partial charge on any atom is 0.0773 e. The van der Waals surface area contributed by atoms with Crippen molar-refractivity contribution >= 4 is 0 Å². The molecule has 2 unspecified atom stereocenters. The van der Waals surface area contributed by atoms with Gasteiger partial charge in [0.15, 0.2) is 0 Å². The lowest BCUT2D eigenvalue weighted by molar-refractivity contribution is -0.0354. The van der Waals surface area contributed by atoms with Crippen LogP contribution in [0.4, 0.5) is 0 Å². The first-order chi connectivity index (χ1) is 12.8. The van der Waals surface area contributed by atoms with E-state index in [2.05, 4.69) is 20.8 Å². The maximum absolute atomic E-state index is 10.3. The minimum absolute atomic E-state index is 0.140. The van der Waals surface area contributed by atoms with Gasteiger partial charge in [0, 0.05) is 0 Å². The highest BCUT2D eigenvalue weighted by atomic mass is 16.5. The number of aliphatic hydroxyl groups is 2. The third-order valence-corrected chi connectivity index (χ3v) is 7.49. The third kappa shape index (κ3) is 8.41. The lowest BCUT2D eigenvalue weighted by Gasteiger charge is -2.32. The highest BCUT2D eigenvalue weighted by Crippen LogP contribution is 2.35. The van der Waals surface area contributed by atoms with Crippen LogP contribution in [-0.2, 0) is 4.74 Å². The molecule has 0 aliphatic heterocycles. The van der Waals surface area contributed by atoms with Gasteiger partial charge in [-0.1, -0.05) is 33.6 Å². The van der Waals surface area contributed by atoms with E-state index in [1.807, 2.05) is 6.92 Å². The molecular weight excluding hydrogens is 336 g/mol. The average Bonchev–Trinajstić information content (AvgIpc) is 2.65. The number of rotatable bonds is 10. The monoisotopic (exact) mass is 382 g/mol. The van der Waals surface area contributed by atoms with Crippen LogP contribution in [0.1, 0.15) is 98.3 Å². The second kappa shape index (κ2) is 11.8. The number of hydrogen-bond acceptors (Lipinski definition) is 3. The molecule has 0 radical (unpaired) electrons. The number of aliphatic hydroxyl groups excluding tert-OH is 2. The summed E-state index contributed by atoms with van der Waals surface area (Å²) in [6, 6.07) is 0. The molecule has 0 saturated heterocycles. The molecule has 0 spiro atoms. The molecule has 2 fully saturated rings. The third-order valence-electron chi connectivity index (χ3n) is 7.49. The molecule has 2 N–H and O–H groups in total. The molecule has 3 nitrogen and oxygen atoms in total. The van der Waals surface area contributed by atoms with E-state index in [1.54, 1.807) is 0 Å². The van der Waals surface area contributed by atoms with Crippen molar-refractivity contribution in [3.05, 3.63) is 0 Å². The van der Waals surface area contributed by atoms with Crippen LogP contribution >= 0.6 is 0 Å². The summed E-state index contributed by atoms with van der Waals surface area (Å²) in [5, 5.41) is 20.1. The Labute approximate surface area is 168 Å². The van der Waals surface area contributed by atoms with E-state index in [0.717, 1.165) is 30.6 Å². The van der Waals surface area contributed by atoms with E-state index in [0.29, 0.717) is 24.5 Å². The lowest BCUT2D eigenvalue weighted by Crippen LogP contribution is -2.27. The summed E-state index contributed by atoms with van der Waals surface area (Å²) in [7, 11) is 0. The summed E-state index contributed by atoms with van der Waals surface area (Å²) in [4.78, 5) is 0. The van der Waals surface area contributed by atoms with Gasteiger partial charge in [0.2, 0.25) is 0 Å². The molecule has 2 aliphatic rings. The van der Waals surface area contributed by atoms with Crippen molar-refractivity contribution in [2.24, 2.45) is 29.6 Å². The van der Waals surface area contributed by atoms with Crippen molar-refractivity contribution in [2.75, 3.05) is 6.61 Å². The minimum atomic E-state index is -0.304. The highest BCUT2D eigenvalue weighted by Gasteiger charge is 2.26. The summed E-state index contributed by atoms with van der Waals surface area (Å²) in [5.41, 5.74) is 0. The molecule has 27 heavy (non-hydrogen) atoms. The first-order valence-corrected chi connectivity index (χ1v) is 11.8. The Morgan fingerprint density at radius 3 is 1.93 bits per heavy atom. The SMILES string of the molecule is CC(C)C1CCC(OCC(O)CC[C@H](C)CC2CCC(C(C)O)CC2)CC1. The van der Waals surface area contributed by atoms with Crippen molar-refractivity contribution < 1.29 is 14.9 Å². The summed E-state index contributed by atoms with van der Waals surface area (Å²) in [6.07, 6.45) is 13.0. The van der Waals surface area contributed by atoms with Gasteiger partial charge in [0.1, 0.15) is 0 Å². The van der Waals surface area contributed by atoms with Crippen LogP contribution in [0.25, 0.3) is 0 Å². The first kappa shape index (κ1) is 23.2. The topological polar surface area (TPSA) is 49.7 Å².